The lowest BCUT2D eigenvalue weighted by Crippen LogP contribution is -2.12. The van der Waals surface area contributed by atoms with Crippen LogP contribution in [0.25, 0.3) is 0 Å². The number of hydrogen-bond donors (Lipinski definition) is 1. The zero-order chi connectivity index (χ0) is 13.1. The van der Waals surface area contributed by atoms with Gasteiger partial charge in [0.2, 0.25) is 0 Å². The molecule has 0 bridgehead atoms. The summed E-state index contributed by atoms with van der Waals surface area (Å²) < 4.78 is 6.34. The lowest BCUT2D eigenvalue weighted by atomic mass is 10.1. The molecule has 1 unspecified atom stereocenters. The first-order valence-corrected chi connectivity index (χ1v) is 6.88. The molecule has 2 aromatic rings. The largest absolute Gasteiger partial charge is 0.489 e. The number of aromatic nitrogens is 1. The Morgan fingerprint density at radius 1 is 1.33 bits per heavy atom. The van der Waals surface area contributed by atoms with Crippen molar-refractivity contribution < 1.29 is 4.74 Å². The van der Waals surface area contributed by atoms with Gasteiger partial charge >= 0.3 is 0 Å². The zero-order valence-corrected chi connectivity index (χ0v) is 11.8. The number of pyridine rings is 1. The third-order valence-electron chi connectivity index (χ3n) is 2.37. The van der Waals surface area contributed by atoms with E-state index in [2.05, 4.69) is 4.98 Å². The van der Waals surface area contributed by atoms with Crippen molar-refractivity contribution >= 4 is 22.9 Å². The summed E-state index contributed by atoms with van der Waals surface area (Å²) in [6, 6.07) is 5.49. The van der Waals surface area contributed by atoms with Crippen LogP contribution in [-0.4, -0.2) is 11.1 Å². The third-order valence-corrected chi connectivity index (χ3v) is 3.68. The van der Waals surface area contributed by atoms with E-state index in [1.54, 1.807) is 12.4 Å². The summed E-state index contributed by atoms with van der Waals surface area (Å²) in [5, 5.41) is 0. The van der Waals surface area contributed by atoms with E-state index in [9.17, 15) is 0 Å². The monoisotopic (exact) mass is 282 g/mol. The average molecular weight is 283 g/mol. The minimum atomic E-state index is -0.217. The molecule has 3 nitrogen and oxygen atoms in total. The number of hydrogen-bond acceptors (Lipinski definition) is 4. The second-order valence-corrected chi connectivity index (χ2v) is 5.99. The quantitative estimate of drug-likeness (QED) is 0.931. The van der Waals surface area contributed by atoms with Crippen LogP contribution in [0.1, 0.15) is 30.3 Å². The van der Waals surface area contributed by atoms with Crippen LogP contribution in [0.4, 0.5) is 0 Å². The molecule has 0 saturated heterocycles. The maximum absolute atomic E-state index is 6.19. The van der Waals surface area contributed by atoms with Crippen molar-refractivity contribution in [2.75, 3.05) is 0 Å². The van der Waals surface area contributed by atoms with Crippen molar-refractivity contribution in [2.45, 2.75) is 26.0 Å². The lowest BCUT2D eigenvalue weighted by molar-refractivity contribution is 0.241. The Labute approximate surface area is 116 Å². The van der Waals surface area contributed by atoms with Crippen LogP contribution in [0.5, 0.6) is 5.75 Å². The Kier molecular flexibility index (Phi) is 4.22. The number of halogens is 1. The van der Waals surface area contributed by atoms with Gasteiger partial charge < -0.3 is 10.5 Å². The molecule has 96 valence electrons. The summed E-state index contributed by atoms with van der Waals surface area (Å²) in [4.78, 5) is 5.17. The molecule has 0 aromatic carbocycles. The fraction of sp³-hybridized carbons (Fsp3) is 0.308. The number of thiophene rings is 1. The number of nitrogens with zero attached hydrogens (tertiary/aromatic N) is 1. The Balaban J connectivity index is 2.22. The van der Waals surface area contributed by atoms with Crippen LogP contribution >= 0.6 is 22.9 Å². The maximum Gasteiger partial charge on any atom is 0.138 e. The molecule has 18 heavy (non-hydrogen) atoms. The predicted molar refractivity (Wildman–Crippen MR) is 75.4 cm³/mol. The number of ether oxygens (including phenoxy) is 1. The van der Waals surface area contributed by atoms with Gasteiger partial charge in [-0.2, -0.15) is 0 Å². The van der Waals surface area contributed by atoms with Gasteiger partial charge in [0.1, 0.15) is 5.75 Å². The van der Waals surface area contributed by atoms with E-state index >= 15 is 0 Å². The smallest absolute Gasteiger partial charge is 0.138 e. The molecule has 0 amide bonds. The van der Waals surface area contributed by atoms with Gasteiger partial charge in [-0.05, 0) is 37.6 Å². The van der Waals surface area contributed by atoms with E-state index in [0.29, 0.717) is 0 Å². The Hall–Kier alpha value is -1.10. The maximum atomic E-state index is 6.19. The molecular formula is C13H15ClN2OS. The van der Waals surface area contributed by atoms with Gasteiger partial charge in [0, 0.05) is 11.1 Å². The molecule has 1 atom stereocenters. The molecule has 0 aliphatic carbocycles. The van der Waals surface area contributed by atoms with Crippen molar-refractivity contribution in [2.24, 2.45) is 5.73 Å². The molecule has 0 saturated carbocycles. The van der Waals surface area contributed by atoms with E-state index in [-0.39, 0.29) is 12.1 Å². The van der Waals surface area contributed by atoms with E-state index in [1.807, 2.05) is 32.0 Å². The van der Waals surface area contributed by atoms with Gasteiger partial charge in [-0.1, -0.05) is 11.6 Å². The fourth-order valence-corrected chi connectivity index (χ4v) is 2.69. The molecule has 2 heterocycles. The molecule has 2 aromatic heterocycles. The standard InChI is InChI=1S/C13H15ClN2OS/c1-8(2)17-10-5-9(6-16-7-10)13(15)11-3-4-12(14)18-11/h3-8,13H,15H2,1-2H3. The Morgan fingerprint density at radius 3 is 2.72 bits per heavy atom. The number of nitrogens with two attached hydrogens (primary N) is 1. The highest BCUT2D eigenvalue weighted by Crippen LogP contribution is 2.30. The van der Waals surface area contributed by atoms with E-state index < -0.39 is 0 Å². The SMILES string of the molecule is CC(C)Oc1cncc(C(N)c2ccc(Cl)s2)c1. The molecule has 0 aliphatic heterocycles. The second-order valence-electron chi connectivity index (χ2n) is 4.24. The first kappa shape index (κ1) is 13.3. The Morgan fingerprint density at radius 2 is 2.11 bits per heavy atom. The van der Waals surface area contributed by atoms with Crippen LogP contribution in [0.3, 0.4) is 0 Å². The topological polar surface area (TPSA) is 48.1 Å². The summed E-state index contributed by atoms with van der Waals surface area (Å²) >= 11 is 7.40. The molecule has 0 aliphatic rings. The second kappa shape index (κ2) is 5.69. The van der Waals surface area contributed by atoms with E-state index in [0.717, 1.165) is 20.5 Å². The van der Waals surface area contributed by atoms with Crippen molar-refractivity contribution in [3.8, 4) is 5.75 Å². The van der Waals surface area contributed by atoms with Gasteiger partial charge in [-0.25, -0.2) is 0 Å². The molecule has 0 spiro atoms. The molecule has 0 fully saturated rings. The molecule has 0 radical (unpaired) electrons. The van der Waals surface area contributed by atoms with Gasteiger partial charge in [-0.15, -0.1) is 11.3 Å². The highest BCUT2D eigenvalue weighted by molar-refractivity contribution is 7.16. The molecule has 2 N–H and O–H groups in total. The minimum Gasteiger partial charge on any atom is -0.489 e. The summed E-state index contributed by atoms with van der Waals surface area (Å²) in [6.07, 6.45) is 3.57. The highest BCUT2D eigenvalue weighted by atomic mass is 35.5. The zero-order valence-electron chi connectivity index (χ0n) is 10.3. The van der Waals surface area contributed by atoms with E-state index in [4.69, 9.17) is 22.1 Å². The third kappa shape index (κ3) is 3.22. The molecular weight excluding hydrogens is 268 g/mol. The lowest BCUT2D eigenvalue weighted by Gasteiger charge is -2.13. The van der Waals surface area contributed by atoms with Gasteiger partial charge in [-0.3, -0.25) is 4.98 Å². The highest BCUT2D eigenvalue weighted by Gasteiger charge is 2.13. The van der Waals surface area contributed by atoms with Crippen LogP contribution in [0.2, 0.25) is 4.34 Å². The summed E-state index contributed by atoms with van der Waals surface area (Å²) in [6.45, 7) is 3.96. The van der Waals surface area contributed by atoms with Crippen molar-refractivity contribution in [3.05, 3.63) is 45.4 Å². The van der Waals surface area contributed by atoms with Crippen LogP contribution in [0, 0.1) is 0 Å². The summed E-state index contributed by atoms with van der Waals surface area (Å²) in [5.41, 5.74) is 7.11. The van der Waals surface area contributed by atoms with Gasteiger partial charge in [0.15, 0.2) is 0 Å². The van der Waals surface area contributed by atoms with Crippen molar-refractivity contribution in [3.63, 3.8) is 0 Å². The minimum absolute atomic E-state index is 0.120. The van der Waals surface area contributed by atoms with E-state index in [1.165, 1.54) is 11.3 Å². The Bertz CT molecular complexity index is 527. The number of rotatable bonds is 4. The van der Waals surface area contributed by atoms with Gasteiger partial charge in [0.05, 0.1) is 22.7 Å². The average Bonchev–Trinajstić information content (AvgIpc) is 2.74. The first-order chi connectivity index (χ1) is 8.56. The predicted octanol–water partition coefficient (Wildman–Crippen LogP) is 3.63. The normalized spacial score (nSPS) is 12.7. The molecule has 2 rings (SSSR count). The van der Waals surface area contributed by atoms with Crippen molar-refractivity contribution in [1.82, 2.24) is 4.98 Å². The van der Waals surface area contributed by atoms with Crippen LogP contribution in [-0.2, 0) is 0 Å². The van der Waals surface area contributed by atoms with Gasteiger partial charge in [0.25, 0.3) is 0 Å². The van der Waals surface area contributed by atoms with Crippen molar-refractivity contribution in [1.29, 1.82) is 0 Å². The molecule has 5 heteroatoms. The van der Waals surface area contributed by atoms with Crippen LogP contribution in [0.15, 0.2) is 30.6 Å². The summed E-state index contributed by atoms with van der Waals surface area (Å²) in [7, 11) is 0. The summed E-state index contributed by atoms with van der Waals surface area (Å²) in [5.74, 6) is 0.737. The van der Waals surface area contributed by atoms with Crippen LogP contribution < -0.4 is 10.5 Å². The first-order valence-electron chi connectivity index (χ1n) is 5.68. The fourth-order valence-electron chi connectivity index (χ4n) is 1.60.